The maximum atomic E-state index is 7.39. The molecule has 80 valence electrons. The lowest BCUT2D eigenvalue weighted by atomic mass is 9.96. The normalized spacial score (nSPS) is 17.7. The maximum Gasteiger partial charge on any atom is 0.151 e. The molecule has 1 aromatic rings. The third-order valence-electron chi connectivity index (χ3n) is 2.82. The van der Waals surface area contributed by atoms with E-state index in [0.29, 0.717) is 5.84 Å². The molecule has 5 nitrogen and oxygen atoms in total. The van der Waals surface area contributed by atoms with E-state index in [1.165, 1.54) is 0 Å². The number of anilines is 1. The van der Waals surface area contributed by atoms with Crippen molar-refractivity contribution < 1.29 is 0 Å². The smallest absolute Gasteiger partial charge is 0.151 e. The summed E-state index contributed by atoms with van der Waals surface area (Å²) in [6.45, 7) is 1.81. The number of nitrogens with two attached hydrogens (primary N) is 1. The molecule has 2 heterocycles. The molecule has 0 saturated carbocycles. The second kappa shape index (κ2) is 4.25. The van der Waals surface area contributed by atoms with Crippen LogP contribution < -0.4 is 10.6 Å². The van der Waals surface area contributed by atoms with Gasteiger partial charge in [-0.25, -0.2) is 0 Å². The van der Waals surface area contributed by atoms with Gasteiger partial charge in [0.15, 0.2) is 5.82 Å². The molecule has 15 heavy (non-hydrogen) atoms. The van der Waals surface area contributed by atoms with E-state index in [0.717, 1.165) is 31.7 Å². The molecule has 2 rings (SSSR count). The van der Waals surface area contributed by atoms with E-state index >= 15 is 0 Å². The van der Waals surface area contributed by atoms with Crippen molar-refractivity contribution in [1.82, 2.24) is 10.2 Å². The summed E-state index contributed by atoms with van der Waals surface area (Å²) in [5, 5.41) is 15.3. The average Bonchev–Trinajstić information content (AvgIpc) is 2.30. The predicted octanol–water partition coefficient (Wildman–Crippen LogP) is 0.629. The zero-order chi connectivity index (χ0) is 10.7. The molecule has 3 N–H and O–H groups in total. The third-order valence-corrected chi connectivity index (χ3v) is 2.82. The number of aromatic nitrogens is 2. The lowest BCUT2D eigenvalue weighted by Crippen LogP contribution is -2.38. The Labute approximate surface area is 88.8 Å². The van der Waals surface area contributed by atoms with Crippen LogP contribution in [-0.4, -0.2) is 29.1 Å². The highest BCUT2D eigenvalue weighted by atomic mass is 15.3. The Balaban J connectivity index is 1.97. The Morgan fingerprint density at radius 1 is 1.47 bits per heavy atom. The van der Waals surface area contributed by atoms with Gasteiger partial charge in [0.25, 0.3) is 0 Å². The van der Waals surface area contributed by atoms with Gasteiger partial charge in [0.1, 0.15) is 0 Å². The van der Waals surface area contributed by atoms with E-state index in [2.05, 4.69) is 15.1 Å². The molecule has 0 radical (unpaired) electrons. The predicted molar refractivity (Wildman–Crippen MR) is 58.9 cm³/mol. The van der Waals surface area contributed by atoms with Crippen LogP contribution in [0.25, 0.3) is 0 Å². The Morgan fingerprint density at radius 3 is 2.73 bits per heavy atom. The molecular weight excluding hydrogens is 190 g/mol. The topological polar surface area (TPSA) is 78.9 Å². The first-order valence-electron chi connectivity index (χ1n) is 5.14. The standard InChI is InChI=1S/C10H15N5/c11-10(12)8-3-6-15(7-4-8)9-2-1-5-13-14-9/h1-2,5,8H,3-4,6-7H2,(H3,11,12). The van der Waals surface area contributed by atoms with Gasteiger partial charge < -0.3 is 10.6 Å². The van der Waals surface area contributed by atoms with Gasteiger partial charge in [-0.05, 0) is 25.0 Å². The monoisotopic (exact) mass is 205 g/mol. The van der Waals surface area contributed by atoms with E-state index in [9.17, 15) is 0 Å². The van der Waals surface area contributed by atoms with Crippen LogP contribution in [0.1, 0.15) is 12.8 Å². The quantitative estimate of drug-likeness (QED) is 0.548. The number of amidine groups is 1. The number of hydrogen-bond donors (Lipinski definition) is 2. The fourth-order valence-corrected chi connectivity index (χ4v) is 1.88. The summed E-state index contributed by atoms with van der Waals surface area (Å²) >= 11 is 0. The van der Waals surface area contributed by atoms with Gasteiger partial charge in [0.2, 0.25) is 0 Å². The summed E-state index contributed by atoms with van der Waals surface area (Å²) in [4.78, 5) is 2.19. The van der Waals surface area contributed by atoms with E-state index in [-0.39, 0.29) is 5.92 Å². The summed E-state index contributed by atoms with van der Waals surface area (Å²) in [7, 11) is 0. The highest BCUT2D eigenvalue weighted by molar-refractivity contribution is 5.79. The van der Waals surface area contributed by atoms with Gasteiger partial charge in [-0.15, -0.1) is 5.10 Å². The number of nitrogens with zero attached hydrogens (tertiary/aromatic N) is 3. The number of hydrogen-bond acceptors (Lipinski definition) is 4. The number of nitrogens with one attached hydrogen (secondary N) is 1. The maximum absolute atomic E-state index is 7.39. The summed E-state index contributed by atoms with van der Waals surface area (Å²) in [5.74, 6) is 1.48. The van der Waals surface area contributed by atoms with E-state index in [4.69, 9.17) is 11.1 Å². The van der Waals surface area contributed by atoms with Crippen LogP contribution in [0.5, 0.6) is 0 Å². The van der Waals surface area contributed by atoms with E-state index < -0.39 is 0 Å². The van der Waals surface area contributed by atoms with Gasteiger partial charge in [-0.2, -0.15) is 5.10 Å². The minimum absolute atomic E-state index is 0.248. The van der Waals surface area contributed by atoms with Gasteiger partial charge in [-0.3, -0.25) is 5.41 Å². The molecule has 0 amide bonds. The molecule has 1 aromatic heterocycles. The van der Waals surface area contributed by atoms with Gasteiger partial charge in [0.05, 0.1) is 5.84 Å². The molecule has 1 aliphatic heterocycles. The molecule has 0 bridgehead atoms. The van der Waals surface area contributed by atoms with Crippen molar-refractivity contribution in [3.63, 3.8) is 0 Å². The first kappa shape index (κ1) is 9.89. The number of piperidine rings is 1. The molecule has 1 saturated heterocycles. The van der Waals surface area contributed by atoms with Crippen LogP contribution in [0.15, 0.2) is 18.3 Å². The number of rotatable bonds is 2. The fourth-order valence-electron chi connectivity index (χ4n) is 1.88. The highest BCUT2D eigenvalue weighted by Gasteiger charge is 2.21. The molecule has 0 spiro atoms. The molecule has 5 heteroatoms. The molecule has 1 aliphatic rings. The van der Waals surface area contributed by atoms with Crippen molar-refractivity contribution in [3.8, 4) is 0 Å². The summed E-state index contributed by atoms with van der Waals surface area (Å²) < 4.78 is 0. The van der Waals surface area contributed by atoms with Crippen molar-refractivity contribution in [3.05, 3.63) is 18.3 Å². The average molecular weight is 205 g/mol. The Kier molecular flexibility index (Phi) is 2.80. The van der Waals surface area contributed by atoms with Crippen molar-refractivity contribution in [1.29, 1.82) is 5.41 Å². The van der Waals surface area contributed by atoms with Crippen molar-refractivity contribution >= 4 is 11.7 Å². The van der Waals surface area contributed by atoms with Gasteiger partial charge in [0, 0.05) is 25.2 Å². The van der Waals surface area contributed by atoms with Crippen LogP contribution in [0.3, 0.4) is 0 Å². The zero-order valence-electron chi connectivity index (χ0n) is 8.56. The van der Waals surface area contributed by atoms with Crippen LogP contribution in [0, 0.1) is 11.3 Å². The molecule has 0 unspecified atom stereocenters. The molecule has 1 fully saturated rings. The lowest BCUT2D eigenvalue weighted by molar-refractivity contribution is 0.494. The van der Waals surface area contributed by atoms with Crippen LogP contribution in [-0.2, 0) is 0 Å². The van der Waals surface area contributed by atoms with Crippen LogP contribution >= 0.6 is 0 Å². The first-order chi connectivity index (χ1) is 7.27. The molecule has 0 aliphatic carbocycles. The molecule has 0 aromatic carbocycles. The summed E-state index contributed by atoms with van der Waals surface area (Å²) in [6, 6.07) is 3.85. The second-order valence-electron chi connectivity index (χ2n) is 3.80. The van der Waals surface area contributed by atoms with Crippen LogP contribution in [0.4, 0.5) is 5.82 Å². The fraction of sp³-hybridized carbons (Fsp3) is 0.500. The van der Waals surface area contributed by atoms with Crippen molar-refractivity contribution in [2.45, 2.75) is 12.8 Å². The summed E-state index contributed by atoms with van der Waals surface area (Å²) in [5.41, 5.74) is 5.49. The van der Waals surface area contributed by atoms with Crippen molar-refractivity contribution in [2.75, 3.05) is 18.0 Å². The highest BCUT2D eigenvalue weighted by Crippen LogP contribution is 2.20. The third kappa shape index (κ3) is 2.23. The minimum Gasteiger partial charge on any atom is -0.387 e. The zero-order valence-corrected chi connectivity index (χ0v) is 8.56. The second-order valence-corrected chi connectivity index (χ2v) is 3.80. The first-order valence-corrected chi connectivity index (χ1v) is 5.14. The van der Waals surface area contributed by atoms with E-state index in [1.807, 2.05) is 12.1 Å². The van der Waals surface area contributed by atoms with E-state index in [1.54, 1.807) is 6.20 Å². The molecule has 0 atom stereocenters. The van der Waals surface area contributed by atoms with Crippen molar-refractivity contribution in [2.24, 2.45) is 11.7 Å². The minimum atomic E-state index is 0.248. The van der Waals surface area contributed by atoms with Crippen LogP contribution in [0.2, 0.25) is 0 Å². The Bertz CT molecular complexity index is 329. The Morgan fingerprint density at radius 2 is 2.20 bits per heavy atom. The van der Waals surface area contributed by atoms with Gasteiger partial charge >= 0.3 is 0 Å². The van der Waals surface area contributed by atoms with Gasteiger partial charge in [-0.1, -0.05) is 0 Å². The largest absolute Gasteiger partial charge is 0.387 e. The SMILES string of the molecule is N=C(N)C1CCN(c2cccnn2)CC1. The summed E-state index contributed by atoms with van der Waals surface area (Å²) in [6.07, 6.45) is 3.55. The molecular formula is C10H15N5. The lowest BCUT2D eigenvalue weighted by Gasteiger charge is -2.31. The Hall–Kier alpha value is -1.65.